The smallest absolute Gasteiger partial charge is 0.0671 e. The van der Waals surface area contributed by atoms with Gasteiger partial charge >= 0.3 is 0 Å². The Morgan fingerprint density at radius 3 is 2.65 bits per heavy atom. The number of nitrogens with zero attached hydrogens (tertiary/aromatic N) is 1. The third kappa shape index (κ3) is 1.70. The van der Waals surface area contributed by atoms with E-state index < -0.39 is 0 Å². The molecule has 3 heteroatoms. The van der Waals surface area contributed by atoms with Gasteiger partial charge in [0.05, 0.1) is 11.7 Å². The maximum atomic E-state index is 4.13. The molecule has 0 aliphatic heterocycles. The van der Waals surface area contributed by atoms with Crippen molar-refractivity contribution in [3.05, 3.63) is 24.4 Å². The molecule has 0 radical (unpaired) electrons. The summed E-state index contributed by atoms with van der Waals surface area (Å²) in [4.78, 5) is 0. The van der Waals surface area contributed by atoms with Gasteiger partial charge in [-0.25, -0.2) is 0 Å². The third-order valence-electron chi connectivity index (χ3n) is 4.07. The molecule has 0 spiro atoms. The van der Waals surface area contributed by atoms with E-state index in [0.717, 1.165) is 17.4 Å². The summed E-state index contributed by atoms with van der Waals surface area (Å²) in [6.07, 6.45) is 7.57. The Balaban J connectivity index is 1.66. The van der Waals surface area contributed by atoms with Gasteiger partial charge in [-0.3, -0.25) is 5.10 Å². The van der Waals surface area contributed by atoms with E-state index in [1.54, 1.807) is 0 Å². The zero-order valence-electron chi connectivity index (χ0n) is 9.82. The van der Waals surface area contributed by atoms with Crippen LogP contribution in [0.3, 0.4) is 0 Å². The highest BCUT2D eigenvalue weighted by Gasteiger charge is 2.41. The summed E-state index contributed by atoms with van der Waals surface area (Å²) >= 11 is 0. The average molecular weight is 227 g/mol. The first-order valence-corrected chi connectivity index (χ1v) is 6.60. The van der Waals surface area contributed by atoms with Crippen LogP contribution in [0.15, 0.2) is 24.4 Å². The summed E-state index contributed by atoms with van der Waals surface area (Å²) in [6, 6.07) is 7.06. The number of aromatic nitrogens is 2. The zero-order chi connectivity index (χ0) is 11.2. The minimum Gasteiger partial charge on any atom is -0.381 e. The number of hydrogen-bond donors (Lipinski definition) is 2. The maximum absolute atomic E-state index is 4.13. The molecule has 2 aliphatic rings. The first-order valence-electron chi connectivity index (χ1n) is 6.60. The van der Waals surface area contributed by atoms with Crippen molar-refractivity contribution in [1.29, 1.82) is 0 Å². The van der Waals surface area contributed by atoms with E-state index in [2.05, 4.69) is 33.7 Å². The van der Waals surface area contributed by atoms with Crippen molar-refractivity contribution in [2.75, 3.05) is 5.32 Å². The lowest BCUT2D eigenvalue weighted by Crippen LogP contribution is -2.24. The molecule has 17 heavy (non-hydrogen) atoms. The second kappa shape index (κ2) is 3.49. The Kier molecular flexibility index (Phi) is 1.95. The summed E-state index contributed by atoms with van der Waals surface area (Å²) < 4.78 is 0. The van der Waals surface area contributed by atoms with Crippen molar-refractivity contribution in [1.82, 2.24) is 10.2 Å². The van der Waals surface area contributed by atoms with Crippen LogP contribution in [0, 0.1) is 11.8 Å². The minimum absolute atomic E-state index is 0.704. The Bertz CT molecular complexity index is 525. The summed E-state index contributed by atoms with van der Waals surface area (Å²) in [5.41, 5.74) is 2.38. The number of benzene rings is 1. The van der Waals surface area contributed by atoms with Crippen LogP contribution >= 0.6 is 0 Å². The van der Waals surface area contributed by atoms with Crippen molar-refractivity contribution in [3.63, 3.8) is 0 Å². The van der Waals surface area contributed by atoms with Gasteiger partial charge in [0.15, 0.2) is 0 Å². The lowest BCUT2D eigenvalue weighted by atomic mass is 10.1. The second-order valence-electron chi connectivity index (χ2n) is 5.48. The monoisotopic (exact) mass is 227 g/mol. The van der Waals surface area contributed by atoms with Gasteiger partial charge in [0.1, 0.15) is 0 Å². The number of anilines is 1. The highest BCUT2D eigenvalue weighted by atomic mass is 15.1. The fourth-order valence-electron chi connectivity index (χ4n) is 2.80. The molecule has 88 valence electrons. The Morgan fingerprint density at radius 1 is 1.18 bits per heavy atom. The Hall–Kier alpha value is -1.51. The van der Waals surface area contributed by atoms with Gasteiger partial charge in [0.2, 0.25) is 0 Å². The van der Waals surface area contributed by atoms with Crippen LogP contribution in [0.5, 0.6) is 0 Å². The van der Waals surface area contributed by atoms with Gasteiger partial charge < -0.3 is 5.32 Å². The Labute approximate surface area is 101 Å². The normalized spacial score (nSPS) is 20.1. The van der Waals surface area contributed by atoms with Crippen molar-refractivity contribution in [2.45, 2.75) is 31.7 Å². The number of aromatic amines is 1. The molecule has 2 N–H and O–H groups in total. The third-order valence-corrected chi connectivity index (χ3v) is 4.07. The minimum atomic E-state index is 0.704. The predicted octanol–water partition coefficient (Wildman–Crippen LogP) is 3.16. The number of rotatable bonds is 4. The Morgan fingerprint density at radius 2 is 1.94 bits per heavy atom. The number of nitrogens with one attached hydrogen (secondary N) is 2. The molecule has 0 bridgehead atoms. The predicted molar refractivity (Wildman–Crippen MR) is 69.0 cm³/mol. The van der Waals surface area contributed by atoms with Gasteiger partial charge in [-0.2, -0.15) is 5.10 Å². The lowest BCUT2D eigenvalue weighted by molar-refractivity contribution is 0.568. The fraction of sp³-hybridized carbons (Fsp3) is 0.500. The highest BCUT2D eigenvalue weighted by Crippen LogP contribution is 2.46. The molecular weight excluding hydrogens is 210 g/mol. The summed E-state index contributed by atoms with van der Waals surface area (Å²) in [5.74, 6) is 1.84. The SMILES string of the molecule is c1cc(NC(C2CC2)C2CC2)c2cn[nH]c2c1. The second-order valence-corrected chi connectivity index (χ2v) is 5.48. The van der Waals surface area contributed by atoms with Gasteiger partial charge in [-0.1, -0.05) is 6.07 Å². The first kappa shape index (κ1) is 9.51. The van der Waals surface area contributed by atoms with Crippen molar-refractivity contribution < 1.29 is 0 Å². The van der Waals surface area contributed by atoms with E-state index in [-0.39, 0.29) is 0 Å². The van der Waals surface area contributed by atoms with E-state index in [9.17, 15) is 0 Å². The van der Waals surface area contributed by atoms with E-state index in [0.29, 0.717) is 6.04 Å². The van der Waals surface area contributed by atoms with Gasteiger partial charge in [0, 0.05) is 17.1 Å². The molecule has 3 nitrogen and oxygen atoms in total. The van der Waals surface area contributed by atoms with Gasteiger partial charge in [-0.15, -0.1) is 0 Å². The largest absolute Gasteiger partial charge is 0.381 e. The fourth-order valence-corrected chi connectivity index (χ4v) is 2.80. The molecule has 2 aromatic rings. The van der Waals surface area contributed by atoms with Crippen LogP contribution in [0.25, 0.3) is 10.9 Å². The molecule has 0 amide bonds. The average Bonchev–Trinajstić information content (AvgIpc) is 3.25. The van der Waals surface area contributed by atoms with E-state index in [1.165, 1.54) is 36.8 Å². The van der Waals surface area contributed by atoms with Crippen LogP contribution in [-0.4, -0.2) is 16.2 Å². The zero-order valence-corrected chi connectivity index (χ0v) is 9.82. The van der Waals surface area contributed by atoms with Crippen molar-refractivity contribution in [2.24, 2.45) is 11.8 Å². The molecule has 4 rings (SSSR count). The molecule has 1 heterocycles. The standard InChI is InChI=1S/C14H17N3/c1-2-12(11-8-15-17-13(11)3-1)16-14(9-4-5-9)10-6-7-10/h1-3,8-10,14,16H,4-7H2,(H,15,17). The molecule has 1 aromatic heterocycles. The molecule has 2 aliphatic carbocycles. The number of H-pyrrole nitrogens is 1. The summed E-state index contributed by atoms with van der Waals surface area (Å²) in [6.45, 7) is 0. The van der Waals surface area contributed by atoms with E-state index >= 15 is 0 Å². The molecule has 1 aromatic carbocycles. The summed E-state index contributed by atoms with van der Waals surface area (Å²) in [7, 11) is 0. The van der Waals surface area contributed by atoms with Gasteiger partial charge in [0.25, 0.3) is 0 Å². The van der Waals surface area contributed by atoms with Crippen LogP contribution in [0.1, 0.15) is 25.7 Å². The quantitative estimate of drug-likeness (QED) is 0.842. The van der Waals surface area contributed by atoms with E-state index in [4.69, 9.17) is 0 Å². The highest BCUT2D eigenvalue weighted by molar-refractivity contribution is 5.91. The molecule has 2 saturated carbocycles. The first-order chi connectivity index (χ1) is 8.42. The number of fused-ring (bicyclic) bond motifs is 1. The number of hydrogen-bond acceptors (Lipinski definition) is 2. The van der Waals surface area contributed by atoms with Crippen molar-refractivity contribution in [3.8, 4) is 0 Å². The molecule has 0 saturated heterocycles. The molecular formula is C14H17N3. The molecule has 0 unspecified atom stereocenters. The van der Waals surface area contributed by atoms with E-state index in [1.807, 2.05) is 6.20 Å². The van der Waals surface area contributed by atoms with Crippen LogP contribution in [0.2, 0.25) is 0 Å². The van der Waals surface area contributed by atoms with Crippen LogP contribution in [0.4, 0.5) is 5.69 Å². The van der Waals surface area contributed by atoms with Crippen LogP contribution in [-0.2, 0) is 0 Å². The lowest BCUT2D eigenvalue weighted by Gasteiger charge is -2.19. The summed E-state index contributed by atoms with van der Waals surface area (Å²) in [5, 5.41) is 12.2. The van der Waals surface area contributed by atoms with Crippen molar-refractivity contribution >= 4 is 16.6 Å². The topological polar surface area (TPSA) is 40.7 Å². The molecule has 2 fully saturated rings. The van der Waals surface area contributed by atoms with Crippen LogP contribution < -0.4 is 5.32 Å². The van der Waals surface area contributed by atoms with Gasteiger partial charge in [-0.05, 0) is 49.7 Å². The maximum Gasteiger partial charge on any atom is 0.0671 e. The molecule has 0 atom stereocenters.